The van der Waals surface area contributed by atoms with Crippen LogP contribution in [0.5, 0.6) is 0 Å². The van der Waals surface area contributed by atoms with Gasteiger partial charge in [-0.25, -0.2) is 0 Å². The Bertz CT molecular complexity index is 92.5. The minimum atomic E-state index is 0. The van der Waals surface area contributed by atoms with E-state index in [0.29, 0.717) is 0 Å². The maximum Gasteiger partial charge on any atom is 0.0465 e. The van der Waals surface area contributed by atoms with Gasteiger partial charge in [-0.3, -0.25) is 0 Å². The molecule has 0 aromatic heterocycles. The van der Waals surface area contributed by atoms with Crippen LogP contribution < -0.4 is 5.32 Å². The third-order valence-electron chi connectivity index (χ3n) is 2.38. The number of hydrogen-bond donors (Lipinski definition) is 1. The lowest BCUT2D eigenvalue weighted by atomic mass is 10.0. The van der Waals surface area contributed by atoms with Crippen molar-refractivity contribution in [2.75, 3.05) is 26.8 Å². The van der Waals surface area contributed by atoms with Crippen LogP contribution in [0.4, 0.5) is 0 Å². The standard InChI is InChI=1S/C9H19NO.ClH/c1-11-7-5-9-4-2-3-6-10-8-9;/h9-10H,2-8H2,1H3;1H. The fraction of sp³-hybridized carbons (Fsp3) is 1.00. The third-order valence-corrected chi connectivity index (χ3v) is 2.38. The van der Waals surface area contributed by atoms with Gasteiger partial charge in [0.25, 0.3) is 0 Å². The molecule has 1 saturated heterocycles. The van der Waals surface area contributed by atoms with Crippen LogP contribution >= 0.6 is 12.4 Å². The second kappa shape index (κ2) is 7.84. The molecule has 1 unspecified atom stereocenters. The average Bonchev–Trinajstić information content (AvgIpc) is 2.28. The lowest BCUT2D eigenvalue weighted by molar-refractivity contribution is 0.175. The SMILES string of the molecule is COCCC1CCCCNC1.Cl. The first-order valence-corrected chi connectivity index (χ1v) is 4.63. The summed E-state index contributed by atoms with van der Waals surface area (Å²) in [4.78, 5) is 0. The maximum absolute atomic E-state index is 5.06. The normalized spacial score (nSPS) is 24.2. The van der Waals surface area contributed by atoms with E-state index in [4.69, 9.17) is 4.74 Å². The summed E-state index contributed by atoms with van der Waals surface area (Å²) in [6.45, 7) is 3.33. The molecule has 0 saturated carbocycles. The van der Waals surface area contributed by atoms with Crippen LogP contribution in [0.15, 0.2) is 0 Å². The topological polar surface area (TPSA) is 21.3 Å². The summed E-state index contributed by atoms with van der Waals surface area (Å²) < 4.78 is 5.06. The number of rotatable bonds is 3. The minimum Gasteiger partial charge on any atom is -0.385 e. The van der Waals surface area contributed by atoms with Gasteiger partial charge in [0.1, 0.15) is 0 Å². The van der Waals surface area contributed by atoms with E-state index in [2.05, 4.69) is 5.32 Å². The molecule has 0 aliphatic carbocycles. The number of ether oxygens (including phenoxy) is 1. The van der Waals surface area contributed by atoms with Crippen LogP contribution in [0.2, 0.25) is 0 Å². The Kier molecular flexibility index (Phi) is 7.98. The summed E-state index contributed by atoms with van der Waals surface area (Å²) in [5.41, 5.74) is 0. The molecule has 1 atom stereocenters. The zero-order valence-electron chi connectivity index (χ0n) is 7.84. The Balaban J connectivity index is 0.00000121. The quantitative estimate of drug-likeness (QED) is 0.739. The monoisotopic (exact) mass is 193 g/mol. The van der Waals surface area contributed by atoms with Crippen molar-refractivity contribution < 1.29 is 4.74 Å². The van der Waals surface area contributed by atoms with Gasteiger partial charge in [-0.2, -0.15) is 0 Å². The highest BCUT2D eigenvalue weighted by molar-refractivity contribution is 5.85. The van der Waals surface area contributed by atoms with Crippen LogP contribution in [0.3, 0.4) is 0 Å². The van der Waals surface area contributed by atoms with Gasteiger partial charge in [-0.1, -0.05) is 6.42 Å². The smallest absolute Gasteiger partial charge is 0.0465 e. The van der Waals surface area contributed by atoms with Crippen LogP contribution in [0.1, 0.15) is 25.7 Å². The van der Waals surface area contributed by atoms with Gasteiger partial charge < -0.3 is 10.1 Å². The van der Waals surface area contributed by atoms with E-state index in [9.17, 15) is 0 Å². The summed E-state index contributed by atoms with van der Waals surface area (Å²) in [6, 6.07) is 0. The van der Waals surface area contributed by atoms with Crippen molar-refractivity contribution in [3.63, 3.8) is 0 Å². The van der Waals surface area contributed by atoms with Gasteiger partial charge in [0.05, 0.1) is 0 Å². The first kappa shape index (κ1) is 12.2. The molecule has 2 nitrogen and oxygen atoms in total. The molecule has 1 heterocycles. The van der Waals surface area contributed by atoms with Crippen LogP contribution in [-0.2, 0) is 4.74 Å². The first-order valence-electron chi connectivity index (χ1n) is 4.63. The molecule has 0 aromatic rings. The van der Waals surface area contributed by atoms with Crippen LogP contribution in [-0.4, -0.2) is 26.8 Å². The molecular weight excluding hydrogens is 174 g/mol. The molecule has 0 aromatic carbocycles. The highest BCUT2D eigenvalue weighted by Gasteiger charge is 2.10. The number of nitrogens with one attached hydrogen (secondary N) is 1. The van der Waals surface area contributed by atoms with Gasteiger partial charge >= 0.3 is 0 Å². The van der Waals surface area contributed by atoms with E-state index in [1.54, 1.807) is 7.11 Å². The fourth-order valence-corrected chi connectivity index (χ4v) is 1.62. The molecule has 1 fully saturated rings. The van der Waals surface area contributed by atoms with Crippen molar-refractivity contribution in [3.05, 3.63) is 0 Å². The zero-order valence-corrected chi connectivity index (χ0v) is 8.66. The van der Waals surface area contributed by atoms with Gasteiger partial charge in [0.15, 0.2) is 0 Å². The molecule has 1 aliphatic rings. The first-order chi connectivity index (χ1) is 5.43. The fourth-order valence-electron chi connectivity index (χ4n) is 1.62. The highest BCUT2D eigenvalue weighted by atomic mass is 35.5. The average molecular weight is 194 g/mol. The van der Waals surface area contributed by atoms with Crippen molar-refractivity contribution in [1.29, 1.82) is 0 Å². The van der Waals surface area contributed by atoms with E-state index in [0.717, 1.165) is 12.5 Å². The van der Waals surface area contributed by atoms with Crippen LogP contribution in [0.25, 0.3) is 0 Å². The molecule has 1 rings (SSSR count). The van der Waals surface area contributed by atoms with E-state index in [1.165, 1.54) is 38.8 Å². The number of hydrogen-bond acceptors (Lipinski definition) is 2. The molecule has 1 aliphatic heterocycles. The number of halogens is 1. The Morgan fingerprint density at radius 2 is 2.25 bits per heavy atom. The van der Waals surface area contributed by atoms with E-state index >= 15 is 0 Å². The summed E-state index contributed by atoms with van der Waals surface area (Å²) in [7, 11) is 1.78. The molecule has 0 amide bonds. The van der Waals surface area contributed by atoms with Gasteiger partial charge in [-0.05, 0) is 38.3 Å². The highest BCUT2D eigenvalue weighted by Crippen LogP contribution is 2.14. The van der Waals surface area contributed by atoms with Gasteiger partial charge in [0, 0.05) is 13.7 Å². The lowest BCUT2D eigenvalue weighted by Crippen LogP contribution is -2.21. The van der Waals surface area contributed by atoms with Crippen molar-refractivity contribution in [2.45, 2.75) is 25.7 Å². The van der Waals surface area contributed by atoms with Gasteiger partial charge in [-0.15, -0.1) is 12.4 Å². The van der Waals surface area contributed by atoms with Gasteiger partial charge in [0.2, 0.25) is 0 Å². The summed E-state index contributed by atoms with van der Waals surface area (Å²) in [5, 5.41) is 3.45. The summed E-state index contributed by atoms with van der Waals surface area (Å²) in [5.74, 6) is 0.859. The predicted octanol–water partition coefficient (Wildman–Crippen LogP) is 1.83. The molecule has 0 spiro atoms. The zero-order chi connectivity index (χ0) is 7.94. The van der Waals surface area contributed by atoms with E-state index < -0.39 is 0 Å². The minimum absolute atomic E-state index is 0. The van der Waals surface area contributed by atoms with E-state index in [-0.39, 0.29) is 12.4 Å². The second-order valence-electron chi connectivity index (χ2n) is 3.35. The van der Waals surface area contributed by atoms with E-state index in [1.807, 2.05) is 0 Å². The van der Waals surface area contributed by atoms with Crippen molar-refractivity contribution >= 4 is 12.4 Å². The third kappa shape index (κ3) is 4.96. The second-order valence-corrected chi connectivity index (χ2v) is 3.35. The molecule has 1 N–H and O–H groups in total. The molecular formula is C9H20ClNO. The van der Waals surface area contributed by atoms with Crippen LogP contribution in [0, 0.1) is 5.92 Å². The predicted molar refractivity (Wildman–Crippen MR) is 54.0 cm³/mol. The summed E-state index contributed by atoms with van der Waals surface area (Å²) >= 11 is 0. The number of methoxy groups -OCH3 is 1. The Hall–Kier alpha value is 0.210. The Morgan fingerprint density at radius 3 is 3.00 bits per heavy atom. The largest absolute Gasteiger partial charge is 0.385 e. The van der Waals surface area contributed by atoms with Crippen molar-refractivity contribution in [1.82, 2.24) is 5.32 Å². The molecule has 12 heavy (non-hydrogen) atoms. The van der Waals surface area contributed by atoms with Crippen molar-refractivity contribution in [2.24, 2.45) is 5.92 Å². The Morgan fingerprint density at radius 1 is 1.42 bits per heavy atom. The molecule has 3 heteroatoms. The molecule has 74 valence electrons. The maximum atomic E-state index is 5.06. The Labute approximate surface area is 81.5 Å². The summed E-state index contributed by atoms with van der Waals surface area (Å²) in [6.07, 6.45) is 5.35. The molecule has 0 radical (unpaired) electrons. The lowest BCUT2D eigenvalue weighted by Gasteiger charge is -2.12. The molecule has 0 bridgehead atoms. The van der Waals surface area contributed by atoms with Crippen molar-refractivity contribution in [3.8, 4) is 0 Å².